The highest BCUT2D eigenvalue weighted by molar-refractivity contribution is 6.06. The number of para-hydroxylation sites is 2. The number of likely N-dealkylation sites (tertiary alicyclic amines) is 1. The van der Waals surface area contributed by atoms with Gasteiger partial charge in [-0.15, -0.1) is 0 Å². The normalized spacial score (nSPS) is 16.0. The number of nitrogens with zero attached hydrogens (tertiary/aromatic N) is 2. The van der Waals surface area contributed by atoms with Crippen molar-refractivity contribution in [2.75, 3.05) is 49.3 Å². The molecular weight excluding hydrogens is 586 g/mol. The molecule has 1 fully saturated rings. The van der Waals surface area contributed by atoms with Crippen molar-refractivity contribution in [3.63, 3.8) is 0 Å². The topological polar surface area (TPSA) is 121 Å². The zero-order valence-corrected chi connectivity index (χ0v) is 26.9. The third kappa shape index (κ3) is 8.91. The van der Waals surface area contributed by atoms with E-state index < -0.39 is 11.7 Å². The summed E-state index contributed by atoms with van der Waals surface area (Å²) in [7, 11) is 2.13. The molecule has 46 heavy (non-hydrogen) atoms. The maximum absolute atomic E-state index is 13.6. The van der Waals surface area contributed by atoms with Gasteiger partial charge in [-0.05, 0) is 95.6 Å². The standard InChI is InChI=1S/C35H43N5O6/c1-35(2,3)46-34(43)38-29-10-6-5-9-28(29)37-32(41)25-13-11-24(12-14-25)23-40(19-17-27-8-7-18-39(27)4)33(42)36-26-15-16-30-31(22-26)45-21-20-44-30/h5-6,9-16,22,27H,7-8,17-21,23H2,1-4H3,(H,36,42)(H,37,41)(H,38,43). The Labute approximate surface area is 270 Å². The smallest absolute Gasteiger partial charge is 0.412 e. The van der Waals surface area contributed by atoms with Gasteiger partial charge < -0.3 is 34.6 Å². The molecule has 2 heterocycles. The van der Waals surface area contributed by atoms with E-state index >= 15 is 0 Å². The Hall–Kier alpha value is -4.77. The molecule has 5 rings (SSSR count). The molecule has 0 aliphatic carbocycles. The van der Waals surface area contributed by atoms with Crippen LogP contribution in [0.15, 0.2) is 66.7 Å². The van der Waals surface area contributed by atoms with Crippen LogP contribution >= 0.6 is 0 Å². The predicted octanol–water partition coefficient (Wildman–Crippen LogP) is 6.58. The van der Waals surface area contributed by atoms with Crippen molar-refractivity contribution in [2.24, 2.45) is 0 Å². The maximum atomic E-state index is 13.6. The highest BCUT2D eigenvalue weighted by Crippen LogP contribution is 2.33. The number of benzene rings is 3. The van der Waals surface area contributed by atoms with Crippen LogP contribution in [0, 0.1) is 0 Å². The number of urea groups is 1. The highest BCUT2D eigenvalue weighted by atomic mass is 16.6. The molecule has 11 heteroatoms. The fourth-order valence-electron chi connectivity index (χ4n) is 5.52. The van der Waals surface area contributed by atoms with Crippen molar-refractivity contribution in [1.29, 1.82) is 0 Å². The largest absolute Gasteiger partial charge is 0.486 e. The summed E-state index contributed by atoms with van der Waals surface area (Å²) in [6, 6.07) is 19.7. The third-order valence-corrected chi connectivity index (χ3v) is 7.88. The lowest BCUT2D eigenvalue weighted by Crippen LogP contribution is -2.38. The first-order valence-electron chi connectivity index (χ1n) is 15.7. The van der Waals surface area contributed by atoms with Crippen LogP contribution in [-0.2, 0) is 11.3 Å². The first-order valence-corrected chi connectivity index (χ1v) is 15.7. The molecule has 0 aromatic heterocycles. The Morgan fingerprint density at radius 3 is 2.28 bits per heavy atom. The summed E-state index contributed by atoms with van der Waals surface area (Å²) in [5.74, 6) is 0.944. The molecule has 1 atom stereocenters. The van der Waals surface area contributed by atoms with Crippen molar-refractivity contribution in [3.05, 3.63) is 77.9 Å². The number of carbonyl (C=O) groups excluding carboxylic acids is 3. The summed E-state index contributed by atoms with van der Waals surface area (Å²) in [4.78, 5) is 43.2. The summed E-state index contributed by atoms with van der Waals surface area (Å²) < 4.78 is 16.6. The van der Waals surface area contributed by atoms with Gasteiger partial charge in [0.2, 0.25) is 0 Å². The van der Waals surface area contributed by atoms with Gasteiger partial charge in [0.25, 0.3) is 5.91 Å². The van der Waals surface area contributed by atoms with E-state index in [-0.39, 0.29) is 11.9 Å². The van der Waals surface area contributed by atoms with E-state index in [4.69, 9.17) is 14.2 Å². The van der Waals surface area contributed by atoms with E-state index in [1.165, 1.54) is 0 Å². The minimum atomic E-state index is -0.654. The number of nitrogens with one attached hydrogen (secondary N) is 3. The second-order valence-electron chi connectivity index (χ2n) is 12.6. The van der Waals surface area contributed by atoms with Gasteiger partial charge in [0.15, 0.2) is 11.5 Å². The number of ether oxygens (including phenoxy) is 3. The first kappa shape index (κ1) is 32.6. The Balaban J connectivity index is 1.24. The van der Waals surface area contributed by atoms with E-state index in [9.17, 15) is 14.4 Å². The Bertz CT molecular complexity index is 1540. The van der Waals surface area contributed by atoms with E-state index in [1.54, 1.807) is 74.2 Å². The summed E-state index contributed by atoms with van der Waals surface area (Å²) in [5, 5.41) is 8.59. The molecular formula is C35H43N5O6. The van der Waals surface area contributed by atoms with Gasteiger partial charge in [-0.1, -0.05) is 24.3 Å². The molecule has 3 aromatic carbocycles. The van der Waals surface area contributed by atoms with E-state index in [0.717, 1.165) is 31.4 Å². The lowest BCUT2D eigenvalue weighted by molar-refractivity contribution is 0.0635. The molecule has 1 saturated heterocycles. The number of fused-ring (bicyclic) bond motifs is 1. The molecule has 2 aliphatic heterocycles. The molecule has 3 aromatic rings. The van der Waals surface area contributed by atoms with Crippen LogP contribution in [0.4, 0.5) is 26.7 Å². The Kier molecular flexibility index (Phi) is 10.3. The first-order chi connectivity index (χ1) is 22.0. The Morgan fingerprint density at radius 2 is 1.61 bits per heavy atom. The Morgan fingerprint density at radius 1 is 0.913 bits per heavy atom. The van der Waals surface area contributed by atoms with Gasteiger partial charge in [-0.3, -0.25) is 10.1 Å². The zero-order valence-electron chi connectivity index (χ0n) is 26.9. The van der Waals surface area contributed by atoms with Crippen LogP contribution in [0.25, 0.3) is 0 Å². The maximum Gasteiger partial charge on any atom is 0.412 e. The second-order valence-corrected chi connectivity index (χ2v) is 12.6. The van der Waals surface area contributed by atoms with Crippen molar-refractivity contribution in [3.8, 4) is 11.5 Å². The average Bonchev–Trinajstić information content (AvgIpc) is 3.43. The summed E-state index contributed by atoms with van der Waals surface area (Å²) in [6.45, 7) is 8.33. The van der Waals surface area contributed by atoms with Crippen LogP contribution in [0.5, 0.6) is 11.5 Å². The number of hydrogen-bond acceptors (Lipinski definition) is 7. The molecule has 0 radical (unpaired) electrons. The third-order valence-electron chi connectivity index (χ3n) is 7.88. The fraction of sp³-hybridized carbons (Fsp3) is 0.400. The monoisotopic (exact) mass is 629 g/mol. The minimum Gasteiger partial charge on any atom is -0.486 e. The molecule has 11 nitrogen and oxygen atoms in total. The zero-order chi connectivity index (χ0) is 32.7. The average molecular weight is 630 g/mol. The van der Waals surface area contributed by atoms with Crippen molar-refractivity contribution in [1.82, 2.24) is 9.80 Å². The van der Waals surface area contributed by atoms with Gasteiger partial charge in [0.1, 0.15) is 18.8 Å². The molecule has 1 unspecified atom stereocenters. The van der Waals surface area contributed by atoms with Gasteiger partial charge in [0, 0.05) is 36.4 Å². The highest BCUT2D eigenvalue weighted by Gasteiger charge is 2.24. The summed E-state index contributed by atoms with van der Waals surface area (Å²) in [5.41, 5.74) is 2.18. The molecule has 0 saturated carbocycles. The number of anilines is 3. The van der Waals surface area contributed by atoms with E-state index in [2.05, 4.69) is 27.9 Å². The minimum absolute atomic E-state index is 0.215. The molecule has 4 amide bonds. The van der Waals surface area contributed by atoms with E-state index in [0.29, 0.717) is 66.5 Å². The number of hydrogen-bond donors (Lipinski definition) is 3. The van der Waals surface area contributed by atoms with Crippen molar-refractivity contribution < 1.29 is 28.6 Å². The van der Waals surface area contributed by atoms with Crippen LogP contribution in [0.1, 0.15) is 56.0 Å². The summed E-state index contributed by atoms with van der Waals surface area (Å²) >= 11 is 0. The molecule has 2 aliphatic rings. The van der Waals surface area contributed by atoms with Gasteiger partial charge in [-0.25, -0.2) is 9.59 Å². The lowest BCUT2D eigenvalue weighted by atomic mass is 10.1. The molecule has 0 bridgehead atoms. The quantitative estimate of drug-likeness (QED) is 0.245. The van der Waals surface area contributed by atoms with Gasteiger partial charge in [0.05, 0.1) is 11.4 Å². The number of amides is 4. The molecule has 244 valence electrons. The molecule has 3 N–H and O–H groups in total. The fourth-order valence-corrected chi connectivity index (χ4v) is 5.52. The SMILES string of the molecule is CN1CCCC1CCN(Cc1ccc(C(=O)Nc2ccccc2NC(=O)OC(C)(C)C)cc1)C(=O)Nc1ccc2c(c1)OCCO2. The van der Waals surface area contributed by atoms with Crippen LogP contribution in [0.2, 0.25) is 0 Å². The van der Waals surface area contributed by atoms with Gasteiger partial charge in [-0.2, -0.15) is 0 Å². The predicted molar refractivity (Wildman–Crippen MR) is 178 cm³/mol. The van der Waals surface area contributed by atoms with Gasteiger partial charge >= 0.3 is 12.1 Å². The van der Waals surface area contributed by atoms with Crippen molar-refractivity contribution >= 4 is 35.1 Å². The van der Waals surface area contributed by atoms with E-state index in [1.807, 2.05) is 18.2 Å². The summed E-state index contributed by atoms with van der Waals surface area (Å²) in [6.07, 6.45) is 2.53. The van der Waals surface area contributed by atoms with Crippen LogP contribution < -0.4 is 25.4 Å². The van der Waals surface area contributed by atoms with Crippen LogP contribution in [-0.4, -0.2) is 72.8 Å². The number of rotatable bonds is 9. The lowest BCUT2D eigenvalue weighted by Gasteiger charge is -2.27. The number of carbonyl (C=O) groups is 3. The molecule has 0 spiro atoms. The second kappa shape index (κ2) is 14.6. The van der Waals surface area contributed by atoms with Crippen LogP contribution in [0.3, 0.4) is 0 Å². The van der Waals surface area contributed by atoms with Crippen molar-refractivity contribution in [2.45, 2.75) is 58.2 Å².